The van der Waals surface area contributed by atoms with Crippen molar-refractivity contribution in [3.8, 4) is 0 Å². The summed E-state index contributed by atoms with van der Waals surface area (Å²) in [6, 6.07) is 0. The summed E-state index contributed by atoms with van der Waals surface area (Å²) in [5, 5.41) is 0. The number of nitrogens with zero attached hydrogens (tertiary/aromatic N) is 3. The highest BCUT2D eigenvalue weighted by Gasteiger charge is 2.19. The Labute approximate surface area is 117 Å². The second-order valence-corrected chi connectivity index (χ2v) is 6.40. The van der Waals surface area contributed by atoms with E-state index >= 15 is 0 Å². The summed E-state index contributed by atoms with van der Waals surface area (Å²) in [4.78, 5) is 18.2. The topological polar surface area (TPSA) is 36.0 Å². The molecule has 0 spiro atoms. The Morgan fingerprint density at radius 3 is 2.32 bits per heavy atom. The van der Waals surface area contributed by atoms with Crippen molar-refractivity contribution in [1.29, 1.82) is 0 Å². The fourth-order valence-corrected chi connectivity index (χ4v) is 2.03. The molecule has 1 heterocycles. The minimum Gasteiger partial charge on any atom is -0.444 e. The van der Waals surface area contributed by atoms with Gasteiger partial charge in [-0.2, -0.15) is 0 Å². The molecule has 1 saturated heterocycles. The van der Waals surface area contributed by atoms with Crippen molar-refractivity contribution in [2.24, 2.45) is 0 Å². The number of carbonyl (C=O) groups excluding carboxylic acids is 1. The molecule has 1 amide bonds. The summed E-state index contributed by atoms with van der Waals surface area (Å²) in [5.41, 5.74) is -0.414. The van der Waals surface area contributed by atoms with Gasteiger partial charge in [0.15, 0.2) is 0 Å². The number of hydrogen-bond acceptors (Lipinski definition) is 4. The van der Waals surface area contributed by atoms with Gasteiger partial charge in [0.2, 0.25) is 0 Å². The van der Waals surface area contributed by atoms with E-state index in [4.69, 9.17) is 4.74 Å². The summed E-state index contributed by atoms with van der Waals surface area (Å²) < 4.78 is 5.32. The van der Waals surface area contributed by atoms with E-state index in [0.29, 0.717) is 0 Å². The van der Waals surface area contributed by atoms with Crippen molar-refractivity contribution in [3.63, 3.8) is 0 Å². The molecular formula is C14H29N3O2. The molecule has 19 heavy (non-hydrogen) atoms. The largest absolute Gasteiger partial charge is 0.444 e. The van der Waals surface area contributed by atoms with Crippen molar-refractivity contribution >= 4 is 6.09 Å². The summed E-state index contributed by atoms with van der Waals surface area (Å²) >= 11 is 0. The van der Waals surface area contributed by atoms with Crippen LogP contribution < -0.4 is 0 Å². The molecule has 0 unspecified atom stereocenters. The van der Waals surface area contributed by atoms with E-state index in [1.54, 1.807) is 11.9 Å². The quantitative estimate of drug-likeness (QED) is 0.776. The van der Waals surface area contributed by atoms with Crippen LogP contribution in [0.2, 0.25) is 0 Å². The minimum absolute atomic E-state index is 0.231. The van der Waals surface area contributed by atoms with E-state index < -0.39 is 5.60 Å². The van der Waals surface area contributed by atoms with Crippen molar-refractivity contribution < 1.29 is 9.53 Å². The Balaban J connectivity index is 2.16. The maximum Gasteiger partial charge on any atom is 0.410 e. The lowest BCUT2D eigenvalue weighted by molar-refractivity contribution is 0.0290. The Bertz CT molecular complexity index is 281. The zero-order chi connectivity index (χ0) is 14.5. The number of ether oxygens (including phenoxy) is 1. The predicted molar refractivity (Wildman–Crippen MR) is 77.4 cm³/mol. The fourth-order valence-electron chi connectivity index (χ4n) is 2.03. The van der Waals surface area contributed by atoms with E-state index in [9.17, 15) is 4.79 Å². The number of carbonyl (C=O) groups is 1. The van der Waals surface area contributed by atoms with Crippen molar-refractivity contribution in [3.05, 3.63) is 0 Å². The van der Waals surface area contributed by atoms with Crippen LogP contribution in [0.15, 0.2) is 0 Å². The van der Waals surface area contributed by atoms with Gasteiger partial charge in [0.05, 0.1) is 0 Å². The molecule has 0 bridgehead atoms. The van der Waals surface area contributed by atoms with E-state index in [1.807, 2.05) is 20.8 Å². The molecule has 0 aliphatic carbocycles. The number of piperazine rings is 1. The van der Waals surface area contributed by atoms with Gasteiger partial charge in [-0.15, -0.1) is 0 Å². The van der Waals surface area contributed by atoms with Gasteiger partial charge in [-0.3, -0.25) is 0 Å². The van der Waals surface area contributed by atoms with Crippen LogP contribution in [-0.4, -0.2) is 79.8 Å². The molecule has 0 aromatic carbocycles. The van der Waals surface area contributed by atoms with Gasteiger partial charge in [-0.05, 0) is 40.8 Å². The van der Waals surface area contributed by atoms with Gasteiger partial charge < -0.3 is 19.4 Å². The molecule has 1 rings (SSSR count). The third-order valence-electron chi connectivity index (χ3n) is 3.27. The van der Waals surface area contributed by atoms with Crippen LogP contribution in [0.4, 0.5) is 4.79 Å². The molecule has 1 fully saturated rings. The van der Waals surface area contributed by atoms with Gasteiger partial charge in [0.25, 0.3) is 0 Å². The molecule has 0 saturated carbocycles. The van der Waals surface area contributed by atoms with Crippen LogP contribution in [0.25, 0.3) is 0 Å². The van der Waals surface area contributed by atoms with E-state index in [2.05, 4.69) is 16.8 Å². The molecule has 1 aliphatic heterocycles. The maximum atomic E-state index is 11.8. The molecule has 0 N–H and O–H groups in total. The number of likely N-dealkylation sites (N-methyl/N-ethyl adjacent to an activating group) is 1. The molecule has 5 heteroatoms. The first-order valence-electron chi connectivity index (χ1n) is 7.13. The minimum atomic E-state index is -0.414. The molecule has 112 valence electrons. The lowest BCUT2D eigenvalue weighted by atomic mass is 10.2. The van der Waals surface area contributed by atoms with Crippen LogP contribution in [0.3, 0.4) is 0 Å². The van der Waals surface area contributed by atoms with Crippen molar-refractivity contribution in [1.82, 2.24) is 14.7 Å². The summed E-state index contributed by atoms with van der Waals surface area (Å²) in [6.07, 6.45) is 0.769. The molecule has 0 radical (unpaired) electrons. The normalized spacial score (nSPS) is 18.4. The van der Waals surface area contributed by atoms with Crippen molar-refractivity contribution in [2.45, 2.75) is 32.8 Å². The number of amides is 1. The average Bonchev–Trinajstić information content (AvgIpc) is 2.29. The fraction of sp³-hybridized carbons (Fsp3) is 0.929. The van der Waals surface area contributed by atoms with Crippen LogP contribution in [0, 0.1) is 0 Å². The number of rotatable bonds is 4. The van der Waals surface area contributed by atoms with E-state index in [1.165, 1.54) is 0 Å². The van der Waals surface area contributed by atoms with E-state index in [-0.39, 0.29) is 6.09 Å². The Morgan fingerprint density at radius 1 is 1.21 bits per heavy atom. The summed E-state index contributed by atoms with van der Waals surface area (Å²) in [7, 11) is 3.96. The van der Waals surface area contributed by atoms with Gasteiger partial charge in [-0.1, -0.05) is 0 Å². The molecule has 0 aromatic rings. The van der Waals surface area contributed by atoms with Crippen LogP contribution >= 0.6 is 0 Å². The van der Waals surface area contributed by atoms with Gasteiger partial charge in [0.1, 0.15) is 5.60 Å². The lowest BCUT2D eigenvalue weighted by Crippen LogP contribution is -2.45. The Morgan fingerprint density at radius 2 is 1.79 bits per heavy atom. The third-order valence-corrected chi connectivity index (χ3v) is 3.27. The smallest absolute Gasteiger partial charge is 0.410 e. The molecule has 0 atom stereocenters. The highest BCUT2D eigenvalue weighted by Crippen LogP contribution is 2.09. The summed E-state index contributed by atoms with van der Waals surface area (Å²) in [5.74, 6) is 0. The van der Waals surface area contributed by atoms with Gasteiger partial charge in [-0.25, -0.2) is 4.79 Å². The Kier molecular flexibility index (Phi) is 6.07. The number of hydrogen-bond donors (Lipinski definition) is 0. The third kappa shape index (κ3) is 6.78. The second-order valence-electron chi connectivity index (χ2n) is 6.40. The zero-order valence-corrected chi connectivity index (χ0v) is 13.1. The first kappa shape index (κ1) is 16.2. The average molecular weight is 271 g/mol. The van der Waals surface area contributed by atoms with Crippen molar-refractivity contribution in [2.75, 3.05) is 53.4 Å². The second kappa shape index (κ2) is 7.10. The molecule has 5 nitrogen and oxygen atoms in total. The zero-order valence-electron chi connectivity index (χ0n) is 13.1. The highest BCUT2D eigenvalue weighted by molar-refractivity contribution is 5.67. The SMILES string of the molecule is CN1CCN(CCCN(C)C(=O)OC(C)(C)C)CC1. The van der Waals surface area contributed by atoms with Crippen LogP contribution in [-0.2, 0) is 4.74 Å². The van der Waals surface area contributed by atoms with E-state index in [0.717, 1.165) is 45.7 Å². The van der Waals surface area contributed by atoms with Crippen LogP contribution in [0.1, 0.15) is 27.2 Å². The van der Waals surface area contributed by atoms with Crippen LogP contribution in [0.5, 0.6) is 0 Å². The standard InChI is InChI=1S/C14H29N3O2/c1-14(2,3)19-13(18)16(5)7-6-8-17-11-9-15(4)10-12-17/h6-12H2,1-5H3. The monoisotopic (exact) mass is 271 g/mol. The highest BCUT2D eigenvalue weighted by atomic mass is 16.6. The first-order valence-corrected chi connectivity index (χ1v) is 7.13. The maximum absolute atomic E-state index is 11.8. The first-order chi connectivity index (χ1) is 8.78. The summed E-state index contributed by atoms with van der Waals surface area (Å²) in [6.45, 7) is 12.0. The Hall–Kier alpha value is -0.810. The molecule has 0 aromatic heterocycles. The lowest BCUT2D eigenvalue weighted by Gasteiger charge is -2.32. The van der Waals surface area contributed by atoms with Gasteiger partial charge >= 0.3 is 6.09 Å². The predicted octanol–water partition coefficient (Wildman–Crippen LogP) is 1.49. The molecule has 1 aliphatic rings. The molecular weight excluding hydrogens is 242 g/mol. The van der Waals surface area contributed by atoms with Gasteiger partial charge in [0, 0.05) is 39.8 Å².